The third-order valence-electron chi connectivity index (χ3n) is 4.06. The van der Waals surface area contributed by atoms with Gasteiger partial charge in [0.15, 0.2) is 5.79 Å². The van der Waals surface area contributed by atoms with Gasteiger partial charge in [-0.05, 0) is 24.6 Å². The van der Waals surface area contributed by atoms with E-state index in [1.807, 2.05) is 30.0 Å². The van der Waals surface area contributed by atoms with E-state index in [0.29, 0.717) is 26.3 Å². The van der Waals surface area contributed by atoms with Gasteiger partial charge in [0.2, 0.25) is 0 Å². The van der Waals surface area contributed by atoms with Crippen molar-refractivity contribution in [3.05, 3.63) is 33.8 Å². The number of carbonyl (C=O) groups is 1. The summed E-state index contributed by atoms with van der Waals surface area (Å²) in [5, 5.41) is 0. The van der Waals surface area contributed by atoms with Gasteiger partial charge < -0.3 is 14.4 Å². The van der Waals surface area contributed by atoms with Crippen LogP contribution in [0, 0.1) is 6.92 Å². The lowest BCUT2D eigenvalue weighted by molar-refractivity contribution is -0.181. The fourth-order valence-corrected chi connectivity index (χ4v) is 3.19. The molecule has 3 rings (SSSR count). The van der Waals surface area contributed by atoms with Crippen LogP contribution in [0.15, 0.2) is 22.7 Å². The first-order valence-electron chi connectivity index (χ1n) is 6.93. The molecule has 0 atom stereocenters. The van der Waals surface area contributed by atoms with Crippen LogP contribution in [0.5, 0.6) is 0 Å². The molecule has 108 valence electrons. The third kappa shape index (κ3) is 2.62. The van der Waals surface area contributed by atoms with Gasteiger partial charge in [-0.25, -0.2) is 0 Å². The van der Waals surface area contributed by atoms with Gasteiger partial charge in [-0.1, -0.05) is 22.0 Å². The molecule has 0 aliphatic carbocycles. The van der Waals surface area contributed by atoms with Crippen molar-refractivity contribution in [2.24, 2.45) is 0 Å². The minimum Gasteiger partial charge on any atom is -0.347 e. The molecule has 2 saturated heterocycles. The predicted molar refractivity (Wildman–Crippen MR) is 78.7 cm³/mol. The van der Waals surface area contributed by atoms with Crippen molar-refractivity contribution in [2.75, 3.05) is 26.3 Å². The first kappa shape index (κ1) is 14.0. The molecule has 1 spiro atoms. The molecule has 1 aromatic carbocycles. The average Bonchev–Trinajstić information content (AvgIpc) is 2.90. The van der Waals surface area contributed by atoms with Crippen LogP contribution in [-0.4, -0.2) is 42.9 Å². The summed E-state index contributed by atoms with van der Waals surface area (Å²) in [7, 11) is 0. The third-order valence-corrected chi connectivity index (χ3v) is 4.55. The maximum absolute atomic E-state index is 12.6. The Morgan fingerprint density at radius 2 is 1.90 bits per heavy atom. The van der Waals surface area contributed by atoms with Gasteiger partial charge in [0.1, 0.15) is 0 Å². The number of nitrogens with zero attached hydrogens (tertiary/aromatic N) is 1. The maximum atomic E-state index is 12.6. The van der Waals surface area contributed by atoms with Gasteiger partial charge >= 0.3 is 0 Å². The number of hydrogen-bond acceptors (Lipinski definition) is 3. The number of likely N-dealkylation sites (tertiary alicyclic amines) is 1. The average molecular weight is 340 g/mol. The van der Waals surface area contributed by atoms with Crippen LogP contribution in [0.3, 0.4) is 0 Å². The van der Waals surface area contributed by atoms with Crippen molar-refractivity contribution in [2.45, 2.75) is 25.6 Å². The first-order chi connectivity index (χ1) is 9.60. The van der Waals surface area contributed by atoms with Crippen molar-refractivity contribution in [1.82, 2.24) is 4.90 Å². The van der Waals surface area contributed by atoms with Gasteiger partial charge in [0.05, 0.1) is 13.2 Å². The van der Waals surface area contributed by atoms with Gasteiger partial charge in [0.25, 0.3) is 5.91 Å². The Morgan fingerprint density at radius 3 is 2.55 bits per heavy atom. The molecule has 0 bridgehead atoms. The van der Waals surface area contributed by atoms with Crippen molar-refractivity contribution in [3.8, 4) is 0 Å². The topological polar surface area (TPSA) is 38.8 Å². The Kier molecular flexibility index (Phi) is 3.84. The zero-order chi connectivity index (χ0) is 14.2. The number of rotatable bonds is 1. The molecule has 0 N–H and O–H groups in total. The summed E-state index contributed by atoms with van der Waals surface area (Å²) in [6.07, 6.45) is 1.51. The lowest BCUT2D eigenvalue weighted by Gasteiger charge is -2.37. The number of aryl methyl sites for hydroxylation is 1. The molecule has 2 fully saturated rings. The largest absolute Gasteiger partial charge is 0.347 e. The molecular formula is C15H18BrNO3. The van der Waals surface area contributed by atoms with E-state index in [-0.39, 0.29) is 5.91 Å². The highest BCUT2D eigenvalue weighted by Gasteiger charge is 2.40. The van der Waals surface area contributed by atoms with Crippen LogP contribution >= 0.6 is 15.9 Å². The quantitative estimate of drug-likeness (QED) is 0.789. The second-order valence-electron chi connectivity index (χ2n) is 5.36. The van der Waals surface area contributed by atoms with Crippen molar-refractivity contribution < 1.29 is 14.3 Å². The Balaban J connectivity index is 1.71. The number of benzene rings is 1. The normalized spacial score (nSPS) is 21.4. The summed E-state index contributed by atoms with van der Waals surface area (Å²) in [5.41, 5.74) is 1.77. The molecule has 20 heavy (non-hydrogen) atoms. The summed E-state index contributed by atoms with van der Waals surface area (Å²) in [5.74, 6) is -0.333. The zero-order valence-corrected chi connectivity index (χ0v) is 13.1. The van der Waals surface area contributed by atoms with E-state index < -0.39 is 5.79 Å². The number of ether oxygens (including phenoxy) is 2. The van der Waals surface area contributed by atoms with E-state index in [9.17, 15) is 4.79 Å². The molecule has 0 aromatic heterocycles. The lowest BCUT2D eigenvalue weighted by atomic mass is 10.0. The molecule has 2 aliphatic heterocycles. The van der Waals surface area contributed by atoms with E-state index in [2.05, 4.69) is 15.9 Å². The van der Waals surface area contributed by atoms with Crippen LogP contribution in [0.2, 0.25) is 0 Å². The summed E-state index contributed by atoms with van der Waals surface area (Å²) in [6, 6.07) is 5.81. The number of piperidine rings is 1. The van der Waals surface area contributed by atoms with E-state index >= 15 is 0 Å². The number of carbonyl (C=O) groups excluding carboxylic acids is 1. The minimum atomic E-state index is -0.427. The molecule has 0 saturated carbocycles. The Bertz CT molecular complexity index is 516. The molecule has 5 heteroatoms. The van der Waals surface area contributed by atoms with Crippen molar-refractivity contribution in [1.29, 1.82) is 0 Å². The fraction of sp³-hybridized carbons (Fsp3) is 0.533. The van der Waals surface area contributed by atoms with Crippen LogP contribution in [0.4, 0.5) is 0 Å². The molecule has 4 nitrogen and oxygen atoms in total. The number of halogens is 1. The molecule has 1 amide bonds. The monoisotopic (exact) mass is 339 g/mol. The van der Waals surface area contributed by atoms with E-state index in [1.54, 1.807) is 0 Å². The second-order valence-corrected chi connectivity index (χ2v) is 6.27. The maximum Gasteiger partial charge on any atom is 0.254 e. The van der Waals surface area contributed by atoms with Crippen LogP contribution in [0.1, 0.15) is 28.8 Å². The molecule has 2 aliphatic rings. The van der Waals surface area contributed by atoms with E-state index in [4.69, 9.17) is 9.47 Å². The number of hydrogen-bond donors (Lipinski definition) is 0. The highest BCUT2D eigenvalue weighted by molar-refractivity contribution is 9.10. The lowest BCUT2D eigenvalue weighted by Crippen LogP contribution is -2.47. The smallest absolute Gasteiger partial charge is 0.254 e. The fourth-order valence-electron chi connectivity index (χ4n) is 2.83. The number of amides is 1. The predicted octanol–water partition coefficient (Wildman–Crippen LogP) is 2.74. The van der Waals surface area contributed by atoms with E-state index in [0.717, 1.165) is 28.4 Å². The molecule has 1 aromatic rings. The van der Waals surface area contributed by atoms with Crippen LogP contribution in [-0.2, 0) is 9.47 Å². The SMILES string of the molecule is Cc1ccc(Br)cc1C(=O)N1CCC2(CC1)OCCO2. The zero-order valence-electron chi connectivity index (χ0n) is 11.5. The highest BCUT2D eigenvalue weighted by Crippen LogP contribution is 2.32. The van der Waals surface area contributed by atoms with Gasteiger partial charge in [-0.15, -0.1) is 0 Å². The Labute approximate surface area is 127 Å². The van der Waals surface area contributed by atoms with Crippen LogP contribution in [0.25, 0.3) is 0 Å². The van der Waals surface area contributed by atoms with Crippen LogP contribution < -0.4 is 0 Å². The molecular weight excluding hydrogens is 322 g/mol. The second kappa shape index (κ2) is 5.47. The summed E-state index contributed by atoms with van der Waals surface area (Å²) in [6.45, 7) is 4.67. The van der Waals surface area contributed by atoms with Crippen molar-refractivity contribution in [3.63, 3.8) is 0 Å². The Hall–Kier alpha value is -0.910. The summed E-state index contributed by atoms with van der Waals surface area (Å²) < 4.78 is 12.3. The molecule has 0 unspecified atom stereocenters. The van der Waals surface area contributed by atoms with Crippen molar-refractivity contribution >= 4 is 21.8 Å². The van der Waals surface area contributed by atoms with Gasteiger partial charge in [-0.2, -0.15) is 0 Å². The van der Waals surface area contributed by atoms with Gasteiger partial charge in [0, 0.05) is 36.0 Å². The standard InChI is InChI=1S/C15H18BrNO3/c1-11-2-3-12(16)10-13(11)14(18)17-6-4-15(5-7-17)19-8-9-20-15/h2-3,10H,4-9H2,1H3. The van der Waals surface area contributed by atoms with E-state index in [1.165, 1.54) is 0 Å². The first-order valence-corrected chi connectivity index (χ1v) is 7.72. The Morgan fingerprint density at radius 1 is 1.25 bits per heavy atom. The molecule has 0 radical (unpaired) electrons. The minimum absolute atomic E-state index is 0.0941. The summed E-state index contributed by atoms with van der Waals surface area (Å²) >= 11 is 3.43. The van der Waals surface area contributed by atoms with Gasteiger partial charge in [-0.3, -0.25) is 4.79 Å². The summed E-state index contributed by atoms with van der Waals surface area (Å²) in [4.78, 5) is 14.5. The molecule has 2 heterocycles. The highest BCUT2D eigenvalue weighted by atomic mass is 79.9.